The van der Waals surface area contributed by atoms with E-state index in [1.165, 1.54) is 6.08 Å². The molecule has 33 heavy (non-hydrogen) atoms. The van der Waals surface area contributed by atoms with Crippen LogP contribution in [0.25, 0.3) is 11.5 Å². The number of halogens is 6. The number of carbonyl (C=O) groups excluding carboxylic acids is 1. The molecule has 2 N–H and O–H groups in total. The van der Waals surface area contributed by atoms with Crippen LogP contribution < -0.4 is 10.6 Å². The van der Waals surface area contributed by atoms with Crippen molar-refractivity contribution in [3.05, 3.63) is 54.6 Å². The lowest BCUT2D eigenvalue weighted by molar-refractivity contribution is -0.212. The summed E-state index contributed by atoms with van der Waals surface area (Å²) in [7, 11) is 0. The molecule has 174 valence electrons. The monoisotopic (exact) mass is 472 g/mol. The maximum absolute atomic E-state index is 13.3. The van der Waals surface area contributed by atoms with Crippen LogP contribution in [0.4, 0.5) is 37.8 Å². The van der Waals surface area contributed by atoms with Gasteiger partial charge in [0.15, 0.2) is 5.82 Å². The van der Waals surface area contributed by atoms with Crippen LogP contribution in [0.15, 0.2) is 47.5 Å². The highest BCUT2D eigenvalue weighted by molar-refractivity contribution is 5.91. The van der Waals surface area contributed by atoms with E-state index in [1.807, 2.05) is 0 Å². The van der Waals surface area contributed by atoms with Gasteiger partial charge in [0.05, 0.1) is 5.56 Å². The Morgan fingerprint density at radius 1 is 1.15 bits per heavy atom. The van der Waals surface area contributed by atoms with Gasteiger partial charge in [0.1, 0.15) is 11.0 Å². The summed E-state index contributed by atoms with van der Waals surface area (Å²) in [5.74, 6) is -1.38. The van der Waals surface area contributed by atoms with Crippen LogP contribution in [-0.4, -0.2) is 32.4 Å². The topological polar surface area (TPSA) is 97.9 Å². The minimum atomic E-state index is -4.90. The summed E-state index contributed by atoms with van der Waals surface area (Å²) in [6.45, 7) is 3.93. The number of aromatic nitrogens is 4. The zero-order chi connectivity index (χ0) is 24.0. The standard InChI is InChI=1S/C19H14F6N6O2/c1-2-17(7-8-26-15(17)32)16-29-28-14(33-16)12-9-31(19(23,24)25)30-13(12)27-11-5-3-10(4-6-11)18(20,21)22/h2-6,9H,1,7-8H2,(H,26,32)(H,27,30). The molecule has 1 aliphatic rings. The van der Waals surface area contributed by atoms with Gasteiger partial charge in [-0.1, -0.05) is 6.08 Å². The summed E-state index contributed by atoms with van der Waals surface area (Å²) in [5.41, 5.74) is -2.50. The maximum Gasteiger partial charge on any atom is 0.504 e. The van der Waals surface area contributed by atoms with Crippen LogP contribution in [0, 0.1) is 0 Å². The number of nitrogens with one attached hydrogen (secondary N) is 2. The molecule has 2 aromatic heterocycles. The lowest BCUT2D eigenvalue weighted by atomic mass is 9.86. The highest BCUT2D eigenvalue weighted by Gasteiger charge is 2.46. The van der Waals surface area contributed by atoms with Crippen LogP contribution in [0.1, 0.15) is 17.9 Å². The van der Waals surface area contributed by atoms with E-state index >= 15 is 0 Å². The number of nitrogens with zero attached hydrogens (tertiary/aromatic N) is 4. The van der Waals surface area contributed by atoms with Gasteiger partial charge in [-0.05, 0) is 30.7 Å². The van der Waals surface area contributed by atoms with E-state index in [2.05, 4.69) is 32.5 Å². The number of anilines is 2. The lowest BCUT2D eigenvalue weighted by Crippen LogP contribution is -2.33. The molecule has 1 unspecified atom stereocenters. The van der Waals surface area contributed by atoms with Crippen molar-refractivity contribution in [1.82, 2.24) is 25.3 Å². The van der Waals surface area contributed by atoms with Gasteiger partial charge in [-0.2, -0.15) is 17.9 Å². The minimum Gasteiger partial charge on any atom is -0.419 e. The molecular formula is C19H14F6N6O2. The molecule has 3 heterocycles. The highest BCUT2D eigenvalue weighted by Crippen LogP contribution is 2.37. The molecule has 1 atom stereocenters. The first kappa shape index (κ1) is 22.4. The van der Waals surface area contributed by atoms with Gasteiger partial charge in [0.2, 0.25) is 11.8 Å². The zero-order valence-electron chi connectivity index (χ0n) is 16.5. The Bertz CT molecular complexity index is 1200. The molecule has 1 saturated heterocycles. The Morgan fingerprint density at radius 3 is 2.39 bits per heavy atom. The molecule has 8 nitrogen and oxygen atoms in total. The van der Waals surface area contributed by atoms with Crippen molar-refractivity contribution in [2.24, 2.45) is 0 Å². The average molecular weight is 472 g/mol. The number of amides is 1. The molecule has 1 aromatic carbocycles. The van der Waals surface area contributed by atoms with Gasteiger partial charge in [0, 0.05) is 18.4 Å². The third kappa shape index (κ3) is 4.03. The first-order chi connectivity index (χ1) is 15.4. The van der Waals surface area contributed by atoms with Gasteiger partial charge in [-0.25, -0.2) is 0 Å². The molecule has 4 rings (SSSR count). The molecule has 0 aliphatic carbocycles. The number of rotatable bonds is 5. The van der Waals surface area contributed by atoms with Gasteiger partial charge in [0.25, 0.3) is 5.89 Å². The van der Waals surface area contributed by atoms with Crippen molar-refractivity contribution in [2.75, 3.05) is 11.9 Å². The Hall–Kier alpha value is -3.84. The summed E-state index contributed by atoms with van der Waals surface area (Å²) in [4.78, 5) is 12.2. The molecular weight excluding hydrogens is 458 g/mol. The second-order valence-corrected chi connectivity index (χ2v) is 7.10. The first-order valence-corrected chi connectivity index (χ1v) is 9.31. The van der Waals surface area contributed by atoms with Crippen molar-refractivity contribution in [1.29, 1.82) is 0 Å². The summed E-state index contributed by atoms with van der Waals surface area (Å²) < 4.78 is 83.2. The average Bonchev–Trinajstić information content (AvgIpc) is 3.45. The van der Waals surface area contributed by atoms with E-state index in [1.54, 1.807) is 0 Å². The SMILES string of the molecule is C=CC1(c2nnc(-c3cn(C(F)(F)F)nc3Nc3ccc(C(F)(F)F)cc3)o2)CCNC1=O. The predicted octanol–water partition coefficient (Wildman–Crippen LogP) is 4.12. The number of hydrogen-bond donors (Lipinski definition) is 2. The van der Waals surface area contributed by atoms with Gasteiger partial charge in [-0.3, -0.25) is 4.79 Å². The van der Waals surface area contributed by atoms with Crippen molar-refractivity contribution < 1.29 is 35.6 Å². The van der Waals surface area contributed by atoms with Crippen LogP contribution in [0.2, 0.25) is 0 Å². The van der Waals surface area contributed by atoms with Crippen molar-refractivity contribution in [3.8, 4) is 11.5 Å². The number of carbonyl (C=O) groups is 1. The van der Waals surface area contributed by atoms with Gasteiger partial charge in [-0.15, -0.1) is 35.0 Å². The van der Waals surface area contributed by atoms with E-state index < -0.39 is 35.2 Å². The third-order valence-electron chi connectivity index (χ3n) is 5.04. The lowest BCUT2D eigenvalue weighted by Gasteiger charge is -2.15. The predicted molar refractivity (Wildman–Crippen MR) is 101 cm³/mol. The zero-order valence-corrected chi connectivity index (χ0v) is 16.5. The number of hydrogen-bond acceptors (Lipinski definition) is 6. The largest absolute Gasteiger partial charge is 0.504 e. The molecule has 0 bridgehead atoms. The Labute approximate surface area is 181 Å². The van der Waals surface area contributed by atoms with Crippen LogP contribution in [0.3, 0.4) is 0 Å². The van der Waals surface area contributed by atoms with E-state index in [9.17, 15) is 31.1 Å². The Morgan fingerprint density at radius 2 is 1.85 bits per heavy atom. The van der Waals surface area contributed by atoms with Crippen molar-refractivity contribution in [3.63, 3.8) is 0 Å². The van der Waals surface area contributed by atoms with Crippen LogP contribution >= 0.6 is 0 Å². The fourth-order valence-corrected chi connectivity index (χ4v) is 3.27. The fourth-order valence-electron chi connectivity index (χ4n) is 3.27. The normalized spacial score (nSPS) is 18.9. The van der Waals surface area contributed by atoms with Crippen LogP contribution in [0.5, 0.6) is 0 Å². The maximum atomic E-state index is 13.3. The van der Waals surface area contributed by atoms with Gasteiger partial charge < -0.3 is 15.1 Å². The number of benzene rings is 1. The second kappa shape index (κ2) is 7.64. The fraction of sp³-hybridized carbons (Fsp3) is 0.263. The molecule has 1 aliphatic heterocycles. The van der Waals surface area contributed by atoms with E-state index in [0.717, 1.165) is 24.3 Å². The van der Waals surface area contributed by atoms with E-state index in [0.29, 0.717) is 12.7 Å². The minimum absolute atomic E-state index is 0.0362. The summed E-state index contributed by atoms with van der Waals surface area (Å²) in [6, 6.07) is 3.60. The Kier molecular flexibility index (Phi) is 5.17. The second-order valence-electron chi connectivity index (χ2n) is 7.10. The highest BCUT2D eigenvalue weighted by atomic mass is 19.4. The van der Waals surface area contributed by atoms with Crippen molar-refractivity contribution >= 4 is 17.4 Å². The van der Waals surface area contributed by atoms with E-state index in [4.69, 9.17) is 4.42 Å². The quantitative estimate of drug-likeness (QED) is 0.429. The molecule has 1 fully saturated rings. The molecule has 14 heteroatoms. The van der Waals surface area contributed by atoms with E-state index in [-0.39, 0.29) is 34.1 Å². The summed E-state index contributed by atoms with van der Waals surface area (Å²) in [5, 5.41) is 16.1. The molecule has 1 amide bonds. The Balaban J connectivity index is 1.72. The summed E-state index contributed by atoms with van der Waals surface area (Å²) >= 11 is 0. The molecule has 3 aromatic rings. The first-order valence-electron chi connectivity index (χ1n) is 9.31. The molecule has 0 saturated carbocycles. The molecule has 0 spiro atoms. The molecule has 0 radical (unpaired) electrons. The smallest absolute Gasteiger partial charge is 0.419 e. The number of alkyl halides is 6. The van der Waals surface area contributed by atoms with Crippen LogP contribution in [-0.2, 0) is 22.7 Å². The summed E-state index contributed by atoms with van der Waals surface area (Å²) in [6.07, 6.45) is -7.32. The van der Waals surface area contributed by atoms with Crippen molar-refractivity contribution in [2.45, 2.75) is 24.3 Å². The van der Waals surface area contributed by atoms with Gasteiger partial charge >= 0.3 is 12.5 Å². The third-order valence-corrected chi connectivity index (χ3v) is 5.04.